The smallest absolute Gasteiger partial charge is 0.0659 e. The number of H-pyrrole nitrogens is 1. The first kappa shape index (κ1) is 27.0. The predicted molar refractivity (Wildman–Crippen MR) is 162 cm³/mol. The first-order valence-electron chi connectivity index (χ1n) is 13.8. The molecule has 0 aliphatic carbocycles. The van der Waals surface area contributed by atoms with Crippen molar-refractivity contribution in [1.29, 1.82) is 0 Å². The second kappa shape index (κ2) is 11.3. The summed E-state index contributed by atoms with van der Waals surface area (Å²) >= 11 is 0. The van der Waals surface area contributed by atoms with Gasteiger partial charge in [0.1, 0.15) is 0 Å². The van der Waals surface area contributed by atoms with Crippen LogP contribution in [0.5, 0.6) is 0 Å². The summed E-state index contributed by atoms with van der Waals surface area (Å²) in [6.45, 7) is 9.94. The van der Waals surface area contributed by atoms with Crippen LogP contribution in [0.3, 0.4) is 0 Å². The molecule has 5 heterocycles. The van der Waals surface area contributed by atoms with E-state index in [0.29, 0.717) is 0 Å². The van der Waals surface area contributed by atoms with Crippen molar-refractivity contribution in [2.45, 2.75) is 53.5 Å². The molecule has 0 amide bonds. The van der Waals surface area contributed by atoms with Crippen LogP contribution in [0.2, 0.25) is 0 Å². The molecule has 2 aliphatic rings. The van der Waals surface area contributed by atoms with E-state index >= 15 is 0 Å². The standard InChI is InChI=1S/C34H34N4.Zn/c1-5-22-18-28-20-26-15-14-24(35-26)19-25-16-17-27(36-25)21-31-32(23-12-10-9-11-13-23)29(6-2)34(38(31)8-4)30(7-3)33(22)37-28;/h9-21,37H,5-8H2,1-4H3;. The molecule has 0 saturated carbocycles. The van der Waals surface area contributed by atoms with Crippen molar-refractivity contribution in [2.75, 3.05) is 0 Å². The molecule has 6 rings (SSSR count). The molecule has 4 nitrogen and oxygen atoms in total. The molecule has 0 radical (unpaired) electrons. The quantitative estimate of drug-likeness (QED) is 0.214. The predicted octanol–water partition coefficient (Wildman–Crippen LogP) is 8.50. The number of hydrogen-bond acceptors (Lipinski definition) is 2. The number of aromatic nitrogens is 4. The number of fused-ring (bicyclic) bond motifs is 8. The molecule has 0 fully saturated rings. The topological polar surface area (TPSA) is 46.5 Å². The van der Waals surface area contributed by atoms with Gasteiger partial charge in [-0.25, -0.2) is 9.97 Å². The van der Waals surface area contributed by atoms with Crippen LogP contribution in [0.4, 0.5) is 0 Å². The van der Waals surface area contributed by atoms with Gasteiger partial charge >= 0.3 is 0 Å². The number of hydrogen-bond donors (Lipinski definition) is 1. The summed E-state index contributed by atoms with van der Waals surface area (Å²) in [6.07, 6.45) is 11.2. The van der Waals surface area contributed by atoms with E-state index in [2.05, 4.69) is 116 Å². The van der Waals surface area contributed by atoms with Gasteiger partial charge in [0.15, 0.2) is 0 Å². The summed E-state index contributed by atoms with van der Waals surface area (Å²) < 4.78 is 2.51. The van der Waals surface area contributed by atoms with Gasteiger partial charge in [0.2, 0.25) is 0 Å². The van der Waals surface area contributed by atoms with Crippen molar-refractivity contribution in [3.63, 3.8) is 0 Å². The Kier molecular flexibility index (Phi) is 7.82. The van der Waals surface area contributed by atoms with Crippen molar-refractivity contribution in [1.82, 2.24) is 19.5 Å². The maximum Gasteiger partial charge on any atom is 0.0659 e. The number of nitrogens with zero attached hydrogens (tertiary/aromatic N) is 3. The van der Waals surface area contributed by atoms with Crippen LogP contribution in [0.1, 0.15) is 67.2 Å². The second-order valence-corrected chi connectivity index (χ2v) is 9.88. The molecule has 3 aromatic heterocycles. The largest absolute Gasteiger partial charge is 0.355 e. The second-order valence-electron chi connectivity index (χ2n) is 9.88. The van der Waals surface area contributed by atoms with Gasteiger partial charge in [-0.05, 0) is 97.0 Å². The number of aryl methyl sites for hydroxylation is 4. The Balaban J connectivity index is 0.00000308. The van der Waals surface area contributed by atoms with Crippen molar-refractivity contribution in [3.8, 4) is 11.1 Å². The molecule has 1 N–H and O–H groups in total. The maximum atomic E-state index is 4.96. The van der Waals surface area contributed by atoms with E-state index in [4.69, 9.17) is 9.97 Å². The van der Waals surface area contributed by atoms with E-state index in [1.54, 1.807) is 0 Å². The summed E-state index contributed by atoms with van der Waals surface area (Å²) in [5.41, 5.74) is 15.3. The monoisotopic (exact) mass is 562 g/mol. The minimum atomic E-state index is 0. The molecule has 5 heteroatoms. The molecule has 39 heavy (non-hydrogen) atoms. The van der Waals surface area contributed by atoms with Crippen LogP contribution >= 0.6 is 0 Å². The zero-order chi connectivity index (χ0) is 26.2. The third-order valence-corrected chi connectivity index (χ3v) is 7.63. The van der Waals surface area contributed by atoms with E-state index < -0.39 is 0 Å². The molecule has 1 aromatic carbocycles. The van der Waals surface area contributed by atoms with Crippen LogP contribution in [-0.4, -0.2) is 19.5 Å². The van der Waals surface area contributed by atoms with E-state index in [0.717, 1.165) is 54.1 Å². The van der Waals surface area contributed by atoms with E-state index in [1.807, 2.05) is 0 Å². The fraction of sp³-hybridized carbons (Fsp3) is 0.235. The Bertz CT molecular complexity index is 1750. The normalized spacial score (nSPS) is 12.1. The van der Waals surface area contributed by atoms with E-state index in [1.165, 1.54) is 44.4 Å². The maximum absolute atomic E-state index is 4.96. The molecule has 8 bridgehead atoms. The van der Waals surface area contributed by atoms with Crippen LogP contribution in [0.25, 0.3) is 57.5 Å². The van der Waals surface area contributed by atoms with Crippen molar-refractivity contribution < 1.29 is 19.5 Å². The molecule has 0 saturated heterocycles. The van der Waals surface area contributed by atoms with Crippen molar-refractivity contribution in [2.24, 2.45) is 0 Å². The molecule has 0 spiro atoms. The summed E-state index contributed by atoms with van der Waals surface area (Å²) in [6, 6.07) is 19.6. The molecular weight excluding hydrogens is 530 g/mol. The van der Waals surface area contributed by atoms with Crippen molar-refractivity contribution in [3.05, 3.63) is 94.1 Å². The third kappa shape index (κ3) is 4.85. The Morgan fingerprint density at radius 3 is 1.90 bits per heavy atom. The number of nitrogens with one attached hydrogen (secondary N) is 1. The molecule has 192 valence electrons. The number of benzene rings is 1. The van der Waals surface area contributed by atoms with Gasteiger partial charge in [-0.2, -0.15) is 0 Å². The molecule has 2 aliphatic heterocycles. The third-order valence-electron chi connectivity index (χ3n) is 7.63. The van der Waals surface area contributed by atoms with Crippen LogP contribution in [0, 0.1) is 0 Å². The van der Waals surface area contributed by atoms with Crippen LogP contribution in [-0.2, 0) is 45.3 Å². The Labute approximate surface area is 243 Å². The fourth-order valence-electron chi connectivity index (χ4n) is 5.96. The summed E-state index contributed by atoms with van der Waals surface area (Å²) in [5, 5.41) is 0. The zero-order valence-corrected chi connectivity index (χ0v) is 26.3. The number of aromatic amines is 1. The summed E-state index contributed by atoms with van der Waals surface area (Å²) in [7, 11) is 0. The van der Waals surface area contributed by atoms with Gasteiger partial charge in [0, 0.05) is 42.6 Å². The van der Waals surface area contributed by atoms with Gasteiger partial charge < -0.3 is 9.55 Å². The summed E-state index contributed by atoms with van der Waals surface area (Å²) in [4.78, 5) is 13.6. The SMILES string of the molecule is CCc1cc2cc3nc(cc4nc(cc5c(-c6ccccc6)c(CC)c(c(CC)c1[nH]2)n5CC)C=C4)C=C3.[Zn]. The minimum Gasteiger partial charge on any atom is -0.355 e. The van der Waals surface area contributed by atoms with E-state index in [-0.39, 0.29) is 19.5 Å². The molecule has 4 aromatic rings. The summed E-state index contributed by atoms with van der Waals surface area (Å²) in [5.74, 6) is 0. The first-order valence-corrected chi connectivity index (χ1v) is 13.8. The van der Waals surface area contributed by atoms with Crippen molar-refractivity contribution >= 4 is 46.4 Å². The Morgan fingerprint density at radius 1 is 0.692 bits per heavy atom. The minimum absolute atomic E-state index is 0. The van der Waals surface area contributed by atoms with Gasteiger partial charge in [0.05, 0.1) is 33.8 Å². The fourth-order valence-corrected chi connectivity index (χ4v) is 5.96. The molecule has 0 unspecified atom stereocenters. The number of rotatable bonds is 5. The molecule has 0 atom stereocenters. The zero-order valence-electron chi connectivity index (χ0n) is 23.4. The van der Waals surface area contributed by atoms with Gasteiger partial charge in [-0.3, -0.25) is 0 Å². The first-order chi connectivity index (χ1) is 18.6. The van der Waals surface area contributed by atoms with Gasteiger partial charge in [-0.15, -0.1) is 0 Å². The van der Waals surface area contributed by atoms with Gasteiger partial charge in [-0.1, -0.05) is 51.1 Å². The Morgan fingerprint density at radius 2 is 1.31 bits per heavy atom. The Hall–Kier alpha value is -3.56. The average molecular weight is 564 g/mol. The molecular formula is C34H34N4Zn. The van der Waals surface area contributed by atoms with Crippen LogP contribution in [0.15, 0.2) is 54.6 Å². The van der Waals surface area contributed by atoms with E-state index in [9.17, 15) is 0 Å². The average Bonchev–Trinajstić information content (AvgIpc) is 3.72. The van der Waals surface area contributed by atoms with Gasteiger partial charge in [0.25, 0.3) is 0 Å². The van der Waals surface area contributed by atoms with Crippen LogP contribution < -0.4 is 0 Å².